The Balaban J connectivity index is 1.99. The maximum absolute atomic E-state index is 12.6. The van der Waals surface area contributed by atoms with Crippen LogP contribution in [0.15, 0.2) is 23.1 Å². The Morgan fingerprint density at radius 3 is 2.87 bits per heavy atom. The second-order valence-electron chi connectivity index (χ2n) is 6.34. The van der Waals surface area contributed by atoms with Gasteiger partial charge in [0.15, 0.2) is 5.56 Å². The van der Waals surface area contributed by atoms with E-state index < -0.39 is 17.3 Å². The summed E-state index contributed by atoms with van der Waals surface area (Å²) in [5.41, 5.74) is 0.286. The molecule has 23 heavy (non-hydrogen) atoms. The molecule has 1 saturated carbocycles. The van der Waals surface area contributed by atoms with Crippen molar-refractivity contribution in [1.82, 2.24) is 14.7 Å². The Morgan fingerprint density at radius 1 is 1.39 bits per heavy atom. The van der Waals surface area contributed by atoms with E-state index in [1.165, 1.54) is 4.40 Å². The molecule has 0 unspecified atom stereocenters. The first-order chi connectivity index (χ1) is 11.0. The molecule has 0 bridgehead atoms. The molecule has 2 aromatic heterocycles. The van der Waals surface area contributed by atoms with Crippen molar-refractivity contribution in [1.29, 1.82) is 0 Å². The maximum atomic E-state index is 12.6. The lowest BCUT2D eigenvalue weighted by Crippen LogP contribution is -2.43. The lowest BCUT2D eigenvalue weighted by molar-refractivity contribution is 0.0905. The summed E-state index contributed by atoms with van der Waals surface area (Å²) in [6.07, 6.45) is 5.74. The van der Waals surface area contributed by atoms with E-state index in [-0.39, 0.29) is 11.6 Å². The van der Waals surface area contributed by atoms with Gasteiger partial charge < -0.3 is 10.4 Å². The number of nitrogens with zero attached hydrogens (tertiary/aromatic N) is 2. The van der Waals surface area contributed by atoms with Crippen molar-refractivity contribution >= 4 is 11.6 Å². The van der Waals surface area contributed by atoms with Crippen molar-refractivity contribution in [2.45, 2.75) is 45.6 Å². The van der Waals surface area contributed by atoms with Crippen LogP contribution in [0.3, 0.4) is 0 Å². The predicted octanol–water partition coefficient (Wildman–Crippen LogP) is 2.02. The van der Waals surface area contributed by atoms with Crippen molar-refractivity contribution in [2.75, 3.05) is 0 Å². The smallest absolute Gasteiger partial charge is 0.274 e. The van der Waals surface area contributed by atoms with Gasteiger partial charge in [0.05, 0.1) is 0 Å². The van der Waals surface area contributed by atoms with E-state index >= 15 is 0 Å². The topological polar surface area (TPSA) is 83.7 Å². The fourth-order valence-corrected chi connectivity index (χ4v) is 3.26. The van der Waals surface area contributed by atoms with Gasteiger partial charge >= 0.3 is 0 Å². The van der Waals surface area contributed by atoms with Crippen LogP contribution in [0, 0.1) is 12.8 Å². The molecular weight excluding hydrogens is 294 g/mol. The number of nitrogens with one attached hydrogen (secondary N) is 1. The number of aryl methyl sites for hydroxylation is 1. The first-order valence-corrected chi connectivity index (χ1v) is 8.01. The highest BCUT2D eigenvalue weighted by molar-refractivity contribution is 5.96. The molecule has 122 valence electrons. The van der Waals surface area contributed by atoms with Gasteiger partial charge in [-0.2, -0.15) is 4.98 Å². The molecule has 0 aliphatic heterocycles. The summed E-state index contributed by atoms with van der Waals surface area (Å²) in [4.78, 5) is 29.1. The van der Waals surface area contributed by atoms with Crippen LogP contribution in [0.4, 0.5) is 0 Å². The fraction of sp³-hybridized carbons (Fsp3) is 0.471. The number of aromatic nitrogens is 2. The minimum atomic E-state index is -0.547. The molecule has 3 rings (SSSR count). The number of hydrogen-bond donors (Lipinski definition) is 2. The largest absolute Gasteiger partial charge is 0.493 e. The fourth-order valence-electron chi connectivity index (χ4n) is 3.26. The highest BCUT2D eigenvalue weighted by Gasteiger charge is 2.27. The molecule has 1 amide bonds. The summed E-state index contributed by atoms with van der Waals surface area (Å²) < 4.78 is 1.30. The lowest BCUT2D eigenvalue weighted by atomic mass is 9.86. The van der Waals surface area contributed by atoms with E-state index in [0.717, 1.165) is 31.2 Å². The van der Waals surface area contributed by atoms with Gasteiger partial charge in [0.25, 0.3) is 11.5 Å². The van der Waals surface area contributed by atoms with Crippen LogP contribution in [0.1, 0.15) is 48.5 Å². The second-order valence-corrected chi connectivity index (χ2v) is 6.34. The van der Waals surface area contributed by atoms with Crippen LogP contribution in [0.25, 0.3) is 5.65 Å². The van der Waals surface area contributed by atoms with Crippen LogP contribution in [0.5, 0.6) is 5.88 Å². The van der Waals surface area contributed by atoms with Crippen molar-refractivity contribution < 1.29 is 9.90 Å². The molecular formula is C17H21N3O3. The van der Waals surface area contributed by atoms with E-state index in [4.69, 9.17) is 0 Å². The number of pyridine rings is 1. The van der Waals surface area contributed by atoms with E-state index in [1.54, 1.807) is 25.3 Å². The average molecular weight is 315 g/mol. The molecule has 2 heterocycles. The summed E-state index contributed by atoms with van der Waals surface area (Å²) >= 11 is 0. The quantitative estimate of drug-likeness (QED) is 0.888. The lowest BCUT2D eigenvalue weighted by Gasteiger charge is -2.29. The van der Waals surface area contributed by atoms with Crippen LogP contribution >= 0.6 is 0 Å². The average Bonchev–Trinajstić information content (AvgIpc) is 2.51. The van der Waals surface area contributed by atoms with Crippen LogP contribution in [-0.4, -0.2) is 26.4 Å². The summed E-state index contributed by atoms with van der Waals surface area (Å²) in [7, 11) is 0. The number of carbonyl (C=O) groups is 1. The minimum absolute atomic E-state index is 0.0354. The van der Waals surface area contributed by atoms with Crippen molar-refractivity contribution in [3.8, 4) is 5.88 Å². The van der Waals surface area contributed by atoms with Crippen LogP contribution in [-0.2, 0) is 0 Å². The number of carbonyl (C=O) groups excluding carboxylic acids is 1. The predicted molar refractivity (Wildman–Crippen MR) is 86.8 cm³/mol. The Labute approximate surface area is 134 Å². The van der Waals surface area contributed by atoms with Gasteiger partial charge in [-0.05, 0) is 37.3 Å². The van der Waals surface area contributed by atoms with Crippen molar-refractivity contribution in [3.05, 3.63) is 39.8 Å². The first kappa shape index (κ1) is 15.5. The van der Waals surface area contributed by atoms with E-state index in [0.29, 0.717) is 11.6 Å². The zero-order chi connectivity index (χ0) is 16.6. The molecule has 1 aliphatic carbocycles. The van der Waals surface area contributed by atoms with Crippen molar-refractivity contribution in [2.24, 2.45) is 5.92 Å². The Morgan fingerprint density at radius 2 is 2.13 bits per heavy atom. The van der Waals surface area contributed by atoms with E-state index in [9.17, 15) is 14.7 Å². The summed E-state index contributed by atoms with van der Waals surface area (Å²) in [6, 6.07) is 3.55. The highest BCUT2D eigenvalue weighted by atomic mass is 16.3. The van der Waals surface area contributed by atoms with E-state index in [2.05, 4.69) is 17.2 Å². The molecule has 2 atom stereocenters. The third-order valence-corrected chi connectivity index (χ3v) is 4.69. The van der Waals surface area contributed by atoms with E-state index in [1.807, 2.05) is 0 Å². The molecule has 2 N–H and O–H groups in total. The zero-order valence-electron chi connectivity index (χ0n) is 13.4. The van der Waals surface area contributed by atoms with Gasteiger partial charge in [-0.15, -0.1) is 0 Å². The Hall–Kier alpha value is -2.37. The Bertz CT molecular complexity index is 813. The molecule has 1 fully saturated rings. The molecule has 6 heteroatoms. The van der Waals surface area contributed by atoms with Gasteiger partial charge in [-0.3, -0.25) is 14.0 Å². The third kappa shape index (κ3) is 2.81. The van der Waals surface area contributed by atoms with Crippen LogP contribution in [0.2, 0.25) is 0 Å². The number of fused-ring (bicyclic) bond motifs is 1. The van der Waals surface area contributed by atoms with Gasteiger partial charge in [0.1, 0.15) is 5.65 Å². The number of rotatable bonds is 2. The standard InChI is InChI=1S/C17H21N3O3/c1-10-6-3-4-8-12(10)18-15(21)13-16(22)19-14-11(2)7-5-9-20(14)17(13)23/h5,7,9-10,12,22H,3-4,6,8H2,1-2H3,(H,18,21)/t10-,12-/m1/s1. The second kappa shape index (κ2) is 6.02. The molecule has 1 aliphatic rings. The van der Waals surface area contributed by atoms with Crippen molar-refractivity contribution in [3.63, 3.8) is 0 Å². The molecule has 0 radical (unpaired) electrons. The maximum Gasteiger partial charge on any atom is 0.274 e. The number of hydrogen-bond acceptors (Lipinski definition) is 4. The Kier molecular flexibility index (Phi) is 4.07. The molecule has 6 nitrogen and oxygen atoms in total. The van der Waals surface area contributed by atoms with Gasteiger partial charge in [-0.1, -0.05) is 25.8 Å². The number of amides is 1. The zero-order valence-corrected chi connectivity index (χ0v) is 13.4. The molecule has 0 spiro atoms. The monoisotopic (exact) mass is 315 g/mol. The van der Waals surface area contributed by atoms with Gasteiger partial charge in [-0.25, -0.2) is 0 Å². The van der Waals surface area contributed by atoms with Crippen LogP contribution < -0.4 is 10.9 Å². The third-order valence-electron chi connectivity index (χ3n) is 4.69. The first-order valence-electron chi connectivity index (χ1n) is 8.01. The van der Waals surface area contributed by atoms with Gasteiger partial charge in [0, 0.05) is 12.2 Å². The summed E-state index contributed by atoms with van der Waals surface area (Å²) in [5, 5.41) is 13.0. The summed E-state index contributed by atoms with van der Waals surface area (Å²) in [6.45, 7) is 3.89. The SMILES string of the molecule is Cc1cccn2c(=O)c(C(=O)N[C@@H]3CCCC[C@H]3C)c(O)nc12. The molecule has 2 aromatic rings. The molecule has 0 aromatic carbocycles. The minimum Gasteiger partial charge on any atom is -0.493 e. The molecule has 0 saturated heterocycles. The number of aromatic hydroxyl groups is 1. The normalized spacial score (nSPS) is 21.3. The van der Waals surface area contributed by atoms with Gasteiger partial charge in [0.2, 0.25) is 5.88 Å². The highest BCUT2D eigenvalue weighted by Crippen LogP contribution is 2.24. The summed E-state index contributed by atoms with van der Waals surface area (Å²) in [5.74, 6) is -0.687.